The average Bonchev–Trinajstić information content (AvgIpc) is 2.31. The molecule has 1 saturated heterocycles. The molecule has 1 heterocycles. The molecule has 96 valence electrons. The van der Waals surface area contributed by atoms with E-state index in [0.717, 1.165) is 5.56 Å². The average molecular weight is 268 g/mol. The predicted octanol–water partition coefficient (Wildman–Crippen LogP) is 2.16. The highest BCUT2D eigenvalue weighted by Crippen LogP contribution is 2.21. The number of hydrogen-bond acceptors (Lipinski definition) is 2. The van der Waals surface area contributed by atoms with Crippen LogP contribution in [0, 0.1) is 5.92 Å². The second kappa shape index (κ2) is 5.40. The number of carboxylic acids is 1. The number of piperidine rings is 1. The minimum atomic E-state index is -0.835. The lowest BCUT2D eigenvalue weighted by molar-refractivity contribution is -0.147. The first kappa shape index (κ1) is 12.9. The van der Waals surface area contributed by atoms with Gasteiger partial charge >= 0.3 is 5.97 Å². The van der Waals surface area contributed by atoms with E-state index in [1.54, 1.807) is 17.0 Å². The Balaban J connectivity index is 2.07. The largest absolute Gasteiger partial charge is 0.481 e. The van der Waals surface area contributed by atoms with Crippen molar-refractivity contribution in [3.05, 3.63) is 34.9 Å². The van der Waals surface area contributed by atoms with Crippen LogP contribution in [0.4, 0.5) is 0 Å². The Hall–Kier alpha value is -1.55. The molecule has 0 aliphatic carbocycles. The van der Waals surface area contributed by atoms with Crippen molar-refractivity contribution in [1.82, 2.24) is 4.90 Å². The van der Waals surface area contributed by atoms with Gasteiger partial charge in [0.15, 0.2) is 0 Å². The second-order valence-corrected chi connectivity index (χ2v) is 4.91. The number of benzene rings is 1. The highest BCUT2D eigenvalue weighted by Gasteiger charge is 2.29. The molecule has 18 heavy (non-hydrogen) atoms. The summed E-state index contributed by atoms with van der Waals surface area (Å²) in [5.74, 6) is -1.28. The van der Waals surface area contributed by atoms with Crippen LogP contribution in [0.15, 0.2) is 24.3 Å². The first-order valence-electron chi connectivity index (χ1n) is 5.81. The van der Waals surface area contributed by atoms with Crippen LogP contribution in [-0.2, 0) is 16.1 Å². The molecule has 1 aromatic rings. The van der Waals surface area contributed by atoms with E-state index >= 15 is 0 Å². The number of carbonyl (C=O) groups is 2. The number of amides is 1. The Labute approximate surface area is 110 Å². The number of aliphatic carboxylic acids is 1. The van der Waals surface area contributed by atoms with Crippen LogP contribution < -0.4 is 0 Å². The molecule has 0 bridgehead atoms. The van der Waals surface area contributed by atoms with Crippen LogP contribution in [0.25, 0.3) is 0 Å². The summed E-state index contributed by atoms with van der Waals surface area (Å²) in [5.41, 5.74) is 0.918. The topological polar surface area (TPSA) is 57.6 Å². The number of carboxylic acid groups (broad SMARTS) is 1. The lowest BCUT2D eigenvalue weighted by Gasteiger charge is -2.30. The molecule has 4 nitrogen and oxygen atoms in total. The fourth-order valence-electron chi connectivity index (χ4n) is 2.12. The van der Waals surface area contributed by atoms with E-state index in [0.29, 0.717) is 24.4 Å². The molecule has 1 aliphatic rings. The van der Waals surface area contributed by atoms with Gasteiger partial charge in [0.1, 0.15) is 0 Å². The zero-order valence-electron chi connectivity index (χ0n) is 9.80. The second-order valence-electron chi connectivity index (χ2n) is 4.48. The van der Waals surface area contributed by atoms with Crippen LogP contribution in [-0.4, -0.2) is 28.4 Å². The Morgan fingerprint density at radius 1 is 1.50 bits per heavy atom. The molecule has 0 saturated carbocycles. The van der Waals surface area contributed by atoms with E-state index in [1.165, 1.54) is 0 Å². The minimum absolute atomic E-state index is 0.00692. The molecule has 5 heteroatoms. The van der Waals surface area contributed by atoms with Crippen LogP contribution in [0.2, 0.25) is 5.02 Å². The Morgan fingerprint density at radius 3 is 2.94 bits per heavy atom. The van der Waals surface area contributed by atoms with Gasteiger partial charge in [-0.15, -0.1) is 0 Å². The van der Waals surface area contributed by atoms with E-state index in [-0.39, 0.29) is 12.5 Å². The Bertz CT molecular complexity index is 475. The highest BCUT2D eigenvalue weighted by molar-refractivity contribution is 6.30. The lowest BCUT2D eigenvalue weighted by atomic mass is 9.97. The van der Waals surface area contributed by atoms with E-state index in [2.05, 4.69) is 0 Å². The number of hydrogen-bond donors (Lipinski definition) is 1. The molecule has 0 spiro atoms. The Morgan fingerprint density at radius 2 is 2.28 bits per heavy atom. The lowest BCUT2D eigenvalue weighted by Crippen LogP contribution is -2.41. The monoisotopic (exact) mass is 267 g/mol. The summed E-state index contributed by atoms with van der Waals surface area (Å²) < 4.78 is 0. The number of carbonyl (C=O) groups excluding carboxylic acids is 1. The molecular formula is C13H14ClNO3. The van der Waals surface area contributed by atoms with Crippen molar-refractivity contribution in [3.8, 4) is 0 Å². The molecule has 0 aromatic heterocycles. The van der Waals surface area contributed by atoms with Gasteiger partial charge in [0.05, 0.1) is 5.92 Å². The van der Waals surface area contributed by atoms with E-state index < -0.39 is 11.9 Å². The SMILES string of the molecule is O=C(O)C1CCC(=O)N(Cc2cccc(Cl)c2)C1. The van der Waals surface area contributed by atoms with Crippen LogP contribution in [0.1, 0.15) is 18.4 Å². The first-order valence-corrected chi connectivity index (χ1v) is 6.19. The summed E-state index contributed by atoms with van der Waals surface area (Å²) in [4.78, 5) is 24.3. The van der Waals surface area contributed by atoms with Gasteiger partial charge in [-0.05, 0) is 24.1 Å². The molecule has 1 amide bonds. The molecule has 2 rings (SSSR count). The quantitative estimate of drug-likeness (QED) is 0.913. The normalized spacial score (nSPS) is 19.9. The third-order valence-electron chi connectivity index (χ3n) is 3.11. The van der Waals surface area contributed by atoms with Gasteiger partial charge in [0, 0.05) is 24.5 Å². The van der Waals surface area contributed by atoms with Gasteiger partial charge in [-0.2, -0.15) is 0 Å². The van der Waals surface area contributed by atoms with Crippen molar-refractivity contribution < 1.29 is 14.7 Å². The molecule has 0 radical (unpaired) electrons. The third-order valence-corrected chi connectivity index (χ3v) is 3.35. The van der Waals surface area contributed by atoms with Crippen molar-refractivity contribution in [3.63, 3.8) is 0 Å². The molecule has 1 aromatic carbocycles. The van der Waals surface area contributed by atoms with Crippen molar-refractivity contribution in [2.75, 3.05) is 6.54 Å². The van der Waals surface area contributed by atoms with Crippen LogP contribution >= 0.6 is 11.6 Å². The fraction of sp³-hybridized carbons (Fsp3) is 0.385. The molecule has 1 aliphatic heterocycles. The van der Waals surface area contributed by atoms with Crippen molar-refractivity contribution in [2.24, 2.45) is 5.92 Å². The van der Waals surface area contributed by atoms with Gasteiger partial charge in [0.2, 0.25) is 5.91 Å². The van der Waals surface area contributed by atoms with Gasteiger partial charge in [-0.25, -0.2) is 0 Å². The van der Waals surface area contributed by atoms with Gasteiger partial charge < -0.3 is 10.0 Å². The first-order chi connectivity index (χ1) is 8.56. The summed E-state index contributed by atoms with van der Waals surface area (Å²) in [5, 5.41) is 9.61. The van der Waals surface area contributed by atoms with Gasteiger partial charge in [-0.1, -0.05) is 23.7 Å². The number of nitrogens with zero attached hydrogens (tertiary/aromatic N) is 1. The maximum Gasteiger partial charge on any atom is 0.308 e. The molecule has 1 N–H and O–H groups in total. The maximum atomic E-state index is 11.8. The molecule has 1 fully saturated rings. The predicted molar refractivity (Wildman–Crippen MR) is 67.2 cm³/mol. The van der Waals surface area contributed by atoms with Crippen molar-refractivity contribution in [2.45, 2.75) is 19.4 Å². The van der Waals surface area contributed by atoms with Crippen molar-refractivity contribution in [1.29, 1.82) is 0 Å². The highest BCUT2D eigenvalue weighted by atomic mass is 35.5. The smallest absolute Gasteiger partial charge is 0.308 e. The molecule has 1 atom stereocenters. The minimum Gasteiger partial charge on any atom is -0.481 e. The standard InChI is InChI=1S/C13H14ClNO3/c14-11-3-1-2-9(6-11)7-15-8-10(13(17)18)4-5-12(15)16/h1-3,6,10H,4-5,7-8H2,(H,17,18). The fourth-order valence-corrected chi connectivity index (χ4v) is 2.34. The summed E-state index contributed by atoms with van der Waals surface area (Å²) in [6.07, 6.45) is 0.734. The molecular weight excluding hydrogens is 254 g/mol. The summed E-state index contributed by atoms with van der Waals surface area (Å²) >= 11 is 5.88. The number of likely N-dealkylation sites (tertiary alicyclic amines) is 1. The third kappa shape index (κ3) is 3.01. The Kier molecular flexibility index (Phi) is 3.87. The maximum absolute atomic E-state index is 11.8. The summed E-state index contributed by atoms with van der Waals surface area (Å²) in [6.45, 7) is 0.698. The van der Waals surface area contributed by atoms with Crippen molar-refractivity contribution >= 4 is 23.5 Å². The van der Waals surface area contributed by atoms with Crippen LogP contribution in [0.5, 0.6) is 0 Å². The zero-order chi connectivity index (χ0) is 13.1. The summed E-state index contributed by atoms with van der Waals surface area (Å²) in [7, 11) is 0. The van der Waals surface area contributed by atoms with E-state index in [1.807, 2.05) is 12.1 Å². The molecule has 1 unspecified atom stereocenters. The van der Waals surface area contributed by atoms with Gasteiger partial charge in [0.25, 0.3) is 0 Å². The number of rotatable bonds is 3. The van der Waals surface area contributed by atoms with E-state index in [9.17, 15) is 9.59 Å². The van der Waals surface area contributed by atoms with E-state index in [4.69, 9.17) is 16.7 Å². The van der Waals surface area contributed by atoms with Gasteiger partial charge in [-0.3, -0.25) is 9.59 Å². The van der Waals surface area contributed by atoms with Crippen LogP contribution in [0.3, 0.4) is 0 Å². The number of halogens is 1. The summed E-state index contributed by atoms with van der Waals surface area (Å²) in [6, 6.07) is 7.26. The zero-order valence-corrected chi connectivity index (χ0v) is 10.6.